The number of hydrogen-bond acceptors (Lipinski definition) is 0. The first kappa shape index (κ1) is 21.0. The largest absolute Gasteiger partial charge is 0.411 e. The van der Waals surface area contributed by atoms with Crippen LogP contribution < -0.4 is 0 Å². The van der Waals surface area contributed by atoms with E-state index in [2.05, 4.69) is 13.2 Å². The molecule has 0 atom stereocenters. The van der Waals surface area contributed by atoms with E-state index in [1.807, 2.05) is 0 Å². The summed E-state index contributed by atoms with van der Waals surface area (Å²) >= 11 is 0. The molecule has 6 heteroatoms. The molecular formula is C17H18F6. The second-order valence-electron chi connectivity index (χ2n) is 4.46. The Morgan fingerprint density at radius 3 is 1.61 bits per heavy atom. The molecule has 0 saturated heterocycles. The monoisotopic (exact) mass is 336 g/mol. The fraction of sp³-hybridized carbons (Fsp3) is 0.294. The van der Waals surface area contributed by atoms with Crippen molar-refractivity contribution in [1.82, 2.24) is 0 Å². The fourth-order valence-corrected chi connectivity index (χ4v) is 2.14. The van der Waals surface area contributed by atoms with Gasteiger partial charge in [0.15, 0.2) is 0 Å². The number of alkyl halides is 6. The first-order chi connectivity index (χ1) is 10.5. The van der Waals surface area contributed by atoms with Gasteiger partial charge in [-0.15, -0.1) is 0 Å². The molecule has 0 heterocycles. The fourth-order valence-electron chi connectivity index (χ4n) is 2.14. The lowest BCUT2D eigenvalue weighted by molar-refractivity contribution is -0.308. The lowest BCUT2D eigenvalue weighted by Crippen LogP contribution is -2.52. The molecule has 0 aromatic carbocycles. The highest BCUT2D eigenvalue weighted by Crippen LogP contribution is 2.60. The second kappa shape index (κ2) is 8.04. The van der Waals surface area contributed by atoms with E-state index in [4.69, 9.17) is 0 Å². The van der Waals surface area contributed by atoms with Gasteiger partial charge >= 0.3 is 12.4 Å². The summed E-state index contributed by atoms with van der Waals surface area (Å²) in [5, 5.41) is 0. The Bertz CT molecular complexity index is 524. The van der Waals surface area contributed by atoms with Crippen molar-refractivity contribution in [3.8, 4) is 0 Å². The zero-order valence-corrected chi connectivity index (χ0v) is 12.8. The molecule has 0 aliphatic carbocycles. The Morgan fingerprint density at radius 2 is 1.30 bits per heavy atom. The van der Waals surface area contributed by atoms with Crippen molar-refractivity contribution >= 4 is 0 Å². The first-order valence-electron chi connectivity index (χ1n) is 6.59. The molecule has 0 saturated carbocycles. The van der Waals surface area contributed by atoms with Gasteiger partial charge in [0.1, 0.15) is 0 Å². The number of allylic oxidation sites excluding steroid dienone is 10. The molecule has 128 valence electrons. The van der Waals surface area contributed by atoms with Crippen molar-refractivity contribution in [3.63, 3.8) is 0 Å². The van der Waals surface area contributed by atoms with Crippen LogP contribution in [0.1, 0.15) is 13.8 Å². The second-order valence-corrected chi connectivity index (χ2v) is 4.46. The van der Waals surface area contributed by atoms with Gasteiger partial charge in [0.05, 0.1) is 0 Å². The maximum absolute atomic E-state index is 13.7. The third-order valence-electron chi connectivity index (χ3n) is 3.05. The maximum atomic E-state index is 13.7. The highest BCUT2D eigenvalue weighted by atomic mass is 19.4. The average molecular weight is 336 g/mol. The number of hydrogen-bond donors (Lipinski definition) is 0. The standard InChI is InChI=1S/C17H18F6/c1-5-9-12-13(8-4)15(16(18,19)20,17(21,22)23)14(10-6-2)11-7-3/h5-12H,2,4H2,1,3H3/b9-5-,11-7-,13-12+,14-10+. The van der Waals surface area contributed by atoms with Gasteiger partial charge in [-0.2, -0.15) is 26.3 Å². The molecule has 0 spiro atoms. The molecule has 23 heavy (non-hydrogen) atoms. The Labute approximate surface area is 131 Å². The highest BCUT2D eigenvalue weighted by molar-refractivity contribution is 5.47. The average Bonchev–Trinajstić information content (AvgIpc) is 2.40. The van der Waals surface area contributed by atoms with Crippen molar-refractivity contribution in [2.24, 2.45) is 5.41 Å². The van der Waals surface area contributed by atoms with E-state index < -0.39 is 28.9 Å². The van der Waals surface area contributed by atoms with Crippen LogP contribution in [-0.4, -0.2) is 12.4 Å². The molecule has 0 rings (SSSR count). The summed E-state index contributed by atoms with van der Waals surface area (Å²) in [5.41, 5.74) is -6.19. The molecule has 0 aliphatic heterocycles. The van der Waals surface area contributed by atoms with Crippen LogP contribution in [0.4, 0.5) is 26.3 Å². The molecule has 0 fully saturated rings. The Kier molecular flexibility index (Phi) is 7.34. The van der Waals surface area contributed by atoms with Crippen molar-refractivity contribution < 1.29 is 26.3 Å². The Hall–Kier alpha value is -1.98. The molecule has 0 nitrogen and oxygen atoms in total. The summed E-state index contributed by atoms with van der Waals surface area (Å²) in [4.78, 5) is 0. The van der Waals surface area contributed by atoms with E-state index >= 15 is 0 Å². The van der Waals surface area contributed by atoms with Crippen LogP contribution >= 0.6 is 0 Å². The van der Waals surface area contributed by atoms with Crippen molar-refractivity contribution in [3.05, 3.63) is 72.9 Å². The lowest BCUT2D eigenvalue weighted by Gasteiger charge is -2.39. The van der Waals surface area contributed by atoms with Crippen LogP contribution in [0.15, 0.2) is 72.9 Å². The molecule has 0 N–H and O–H groups in total. The van der Waals surface area contributed by atoms with Gasteiger partial charge in [-0.3, -0.25) is 0 Å². The van der Waals surface area contributed by atoms with E-state index in [-0.39, 0.29) is 0 Å². The van der Waals surface area contributed by atoms with Crippen LogP contribution in [0.3, 0.4) is 0 Å². The van der Waals surface area contributed by atoms with E-state index in [9.17, 15) is 26.3 Å². The summed E-state index contributed by atoms with van der Waals surface area (Å²) in [6.07, 6.45) is -4.02. The van der Waals surface area contributed by atoms with E-state index in [1.165, 1.54) is 19.9 Å². The first-order valence-corrected chi connectivity index (χ1v) is 6.59. The van der Waals surface area contributed by atoms with Crippen LogP contribution in [0, 0.1) is 5.41 Å². The minimum atomic E-state index is -5.62. The van der Waals surface area contributed by atoms with Crippen LogP contribution in [0.25, 0.3) is 0 Å². The quantitative estimate of drug-likeness (QED) is 0.385. The Balaban J connectivity index is 7.12. The van der Waals surface area contributed by atoms with Gasteiger partial charge in [-0.25, -0.2) is 0 Å². The molecule has 0 radical (unpaired) electrons. The van der Waals surface area contributed by atoms with Gasteiger partial charge < -0.3 is 0 Å². The summed E-state index contributed by atoms with van der Waals surface area (Å²) in [6.45, 7) is 9.14. The van der Waals surface area contributed by atoms with E-state index in [0.29, 0.717) is 12.2 Å². The topological polar surface area (TPSA) is 0 Å². The zero-order valence-electron chi connectivity index (χ0n) is 12.8. The molecular weight excluding hydrogens is 318 g/mol. The maximum Gasteiger partial charge on any atom is 0.411 e. The number of rotatable bonds is 6. The lowest BCUT2D eigenvalue weighted by atomic mass is 9.71. The number of halogens is 6. The molecule has 0 aliphatic rings. The molecule has 0 amide bonds. The van der Waals surface area contributed by atoms with E-state index in [1.54, 1.807) is 0 Å². The normalized spacial score (nSPS) is 15.5. The third-order valence-corrected chi connectivity index (χ3v) is 3.05. The molecule has 0 aromatic heterocycles. The minimum Gasteiger partial charge on any atom is -0.169 e. The smallest absolute Gasteiger partial charge is 0.169 e. The summed E-state index contributed by atoms with van der Waals surface area (Å²) in [6, 6.07) is 0. The Morgan fingerprint density at radius 1 is 0.783 bits per heavy atom. The minimum absolute atomic E-state index is 0.571. The molecule has 0 bridgehead atoms. The predicted octanol–water partition coefficient (Wildman–Crippen LogP) is 6.47. The molecule has 0 unspecified atom stereocenters. The van der Waals surface area contributed by atoms with Crippen molar-refractivity contribution in [2.45, 2.75) is 26.2 Å². The highest BCUT2D eigenvalue weighted by Gasteiger charge is 2.73. The molecule has 0 aromatic rings. The van der Waals surface area contributed by atoms with Gasteiger partial charge in [0.25, 0.3) is 0 Å². The predicted molar refractivity (Wildman–Crippen MR) is 80.7 cm³/mol. The van der Waals surface area contributed by atoms with Crippen LogP contribution in [0.2, 0.25) is 0 Å². The third kappa shape index (κ3) is 4.06. The van der Waals surface area contributed by atoms with Crippen LogP contribution in [-0.2, 0) is 0 Å². The van der Waals surface area contributed by atoms with Crippen LogP contribution in [0.5, 0.6) is 0 Å². The van der Waals surface area contributed by atoms with E-state index in [0.717, 1.165) is 30.4 Å². The van der Waals surface area contributed by atoms with Crippen molar-refractivity contribution in [2.75, 3.05) is 0 Å². The van der Waals surface area contributed by atoms with Crippen molar-refractivity contribution in [1.29, 1.82) is 0 Å². The summed E-state index contributed by atoms with van der Waals surface area (Å²) < 4.78 is 82.1. The van der Waals surface area contributed by atoms with Gasteiger partial charge in [0, 0.05) is 0 Å². The SMILES string of the molecule is C=C/C=C(\C=C/C)C(/C(C=C)=C/C=C\C)(C(F)(F)F)C(F)(F)F. The van der Waals surface area contributed by atoms with Gasteiger partial charge in [-0.1, -0.05) is 61.8 Å². The summed E-state index contributed by atoms with van der Waals surface area (Å²) in [7, 11) is 0. The zero-order chi connectivity index (χ0) is 18.3. The van der Waals surface area contributed by atoms with Gasteiger partial charge in [-0.05, 0) is 25.0 Å². The summed E-state index contributed by atoms with van der Waals surface area (Å²) in [5.74, 6) is 0. The van der Waals surface area contributed by atoms with Gasteiger partial charge in [0.2, 0.25) is 5.41 Å².